The van der Waals surface area contributed by atoms with Crippen molar-refractivity contribution in [3.05, 3.63) is 84.4 Å². The molecule has 33 heavy (non-hydrogen) atoms. The Morgan fingerprint density at radius 1 is 1.03 bits per heavy atom. The van der Waals surface area contributed by atoms with Crippen LogP contribution in [0.4, 0.5) is 5.69 Å². The summed E-state index contributed by atoms with van der Waals surface area (Å²) in [5.41, 5.74) is 2.79. The third kappa shape index (κ3) is 4.69. The average molecular weight is 444 g/mol. The predicted molar refractivity (Wildman–Crippen MR) is 118 cm³/mol. The maximum Gasteiger partial charge on any atom is 0.255 e. The van der Waals surface area contributed by atoms with Gasteiger partial charge in [-0.05, 0) is 42.0 Å². The first-order valence-electron chi connectivity index (χ1n) is 10.2. The summed E-state index contributed by atoms with van der Waals surface area (Å²) >= 11 is 0. The Bertz CT molecular complexity index is 1300. The van der Waals surface area contributed by atoms with E-state index in [4.69, 9.17) is 9.47 Å². The molecule has 0 saturated carbocycles. The number of amides is 2. The lowest BCUT2D eigenvalue weighted by atomic mass is 10.2. The van der Waals surface area contributed by atoms with Crippen LogP contribution in [0.2, 0.25) is 0 Å². The molecule has 5 rings (SSSR count). The van der Waals surface area contributed by atoms with Crippen molar-refractivity contribution in [2.45, 2.75) is 13.1 Å². The maximum atomic E-state index is 12.5. The van der Waals surface area contributed by atoms with Crippen LogP contribution >= 0.6 is 0 Å². The smallest absolute Gasteiger partial charge is 0.255 e. The molecule has 2 amide bonds. The molecular weight excluding hydrogens is 424 g/mol. The number of rotatable bonds is 7. The van der Waals surface area contributed by atoms with Gasteiger partial charge in [0.25, 0.3) is 5.91 Å². The van der Waals surface area contributed by atoms with Crippen LogP contribution in [0.15, 0.2) is 73.3 Å². The Morgan fingerprint density at radius 3 is 2.82 bits per heavy atom. The van der Waals surface area contributed by atoms with Crippen molar-refractivity contribution in [1.29, 1.82) is 0 Å². The molecular formula is C23H20N6O4. The molecule has 10 heteroatoms. The molecule has 1 aliphatic rings. The van der Waals surface area contributed by atoms with Gasteiger partial charge >= 0.3 is 0 Å². The largest absolute Gasteiger partial charge is 0.454 e. The quantitative estimate of drug-likeness (QED) is 0.453. The van der Waals surface area contributed by atoms with Crippen molar-refractivity contribution in [3.8, 4) is 17.2 Å². The van der Waals surface area contributed by atoms with Gasteiger partial charge in [-0.2, -0.15) is 10.2 Å². The third-order valence-corrected chi connectivity index (χ3v) is 5.00. The predicted octanol–water partition coefficient (Wildman–Crippen LogP) is 2.37. The van der Waals surface area contributed by atoms with Crippen LogP contribution in [0.25, 0.3) is 5.69 Å². The van der Waals surface area contributed by atoms with Crippen LogP contribution in [-0.2, 0) is 17.9 Å². The monoisotopic (exact) mass is 444 g/mol. The molecule has 0 spiro atoms. The van der Waals surface area contributed by atoms with Crippen LogP contribution in [0.1, 0.15) is 15.9 Å². The first-order chi connectivity index (χ1) is 16.1. The highest BCUT2D eigenvalue weighted by Crippen LogP contribution is 2.32. The fraction of sp³-hybridized carbons (Fsp3) is 0.130. The molecule has 0 aliphatic carbocycles. The minimum absolute atomic E-state index is 0.0265. The SMILES string of the molecule is O=C(Cn1cc(NC(=O)c2ccc3c(c2)OCO3)cn1)NCc1cccc(-n2cccn2)c1. The first kappa shape index (κ1) is 20.3. The van der Waals surface area contributed by atoms with Gasteiger partial charge in [-0.25, -0.2) is 4.68 Å². The standard InChI is InChI=1S/C23H20N6O4/c30-22(24-11-16-3-1-4-19(9-16)29-8-2-7-25-29)14-28-13-18(12-26-28)27-23(31)17-5-6-20-21(10-17)33-15-32-20/h1-10,12-13H,11,14-15H2,(H,24,30)(H,27,31). The molecule has 0 fully saturated rings. The molecule has 0 radical (unpaired) electrons. The Balaban J connectivity index is 1.14. The van der Waals surface area contributed by atoms with Gasteiger partial charge in [-0.3, -0.25) is 14.3 Å². The van der Waals surface area contributed by atoms with Gasteiger partial charge < -0.3 is 20.1 Å². The van der Waals surface area contributed by atoms with E-state index in [1.165, 1.54) is 10.9 Å². The highest BCUT2D eigenvalue weighted by molar-refractivity contribution is 6.04. The van der Waals surface area contributed by atoms with Gasteiger partial charge in [0.05, 0.1) is 17.6 Å². The van der Waals surface area contributed by atoms with Gasteiger partial charge in [-0.1, -0.05) is 12.1 Å². The summed E-state index contributed by atoms with van der Waals surface area (Å²) in [4.78, 5) is 24.8. The zero-order valence-corrected chi connectivity index (χ0v) is 17.5. The zero-order valence-electron chi connectivity index (χ0n) is 17.5. The van der Waals surface area contributed by atoms with Gasteiger partial charge in [-0.15, -0.1) is 0 Å². The molecule has 2 N–H and O–H groups in total. The minimum Gasteiger partial charge on any atom is -0.454 e. The van der Waals surface area contributed by atoms with Gasteiger partial charge in [0.2, 0.25) is 12.7 Å². The molecule has 2 aromatic heterocycles. The van der Waals surface area contributed by atoms with Crippen molar-refractivity contribution >= 4 is 17.5 Å². The number of ether oxygens (including phenoxy) is 2. The topological polar surface area (TPSA) is 112 Å². The van der Waals surface area contributed by atoms with E-state index in [0.717, 1.165) is 11.3 Å². The molecule has 4 aromatic rings. The van der Waals surface area contributed by atoms with E-state index in [1.807, 2.05) is 36.5 Å². The number of benzene rings is 2. The second kappa shape index (κ2) is 8.87. The number of hydrogen-bond acceptors (Lipinski definition) is 6. The Labute approximate surface area is 188 Å². The first-order valence-corrected chi connectivity index (χ1v) is 10.2. The molecule has 0 bridgehead atoms. The summed E-state index contributed by atoms with van der Waals surface area (Å²) < 4.78 is 13.8. The Kier molecular flexibility index (Phi) is 5.46. The lowest BCUT2D eigenvalue weighted by Crippen LogP contribution is -2.27. The fourth-order valence-corrected chi connectivity index (χ4v) is 3.39. The van der Waals surface area contributed by atoms with Crippen molar-refractivity contribution < 1.29 is 19.1 Å². The summed E-state index contributed by atoms with van der Waals surface area (Å²) in [5.74, 6) is 0.634. The number of fused-ring (bicyclic) bond motifs is 1. The number of nitrogens with zero attached hydrogens (tertiary/aromatic N) is 4. The molecule has 0 unspecified atom stereocenters. The number of hydrogen-bond donors (Lipinski definition) is 2. The van der Waals surface area contributed by atoms with Gasteiger partial charge in [0, 0.05) is 30.7 Å². The fourth-order valence-electron chi connectivity index (χ4n) is 3.39. The van der Waals surface area contributed by atoms with Gasteiger partial charge in [0.1, 0.15) is 6.54 Å². The minimum atomic E-state index is -0.311. The lowest BCUT2D eigenvalue weighted by molar-refractivity contribution is -0.122. The second-order valence-corrected chi connectivity index (χ2v) is 7.35. The number of nitrogens with one attached hydrogen (secondary N) is 2. The Hall–Kier alpha value is -4.60. The molecule has 0 atom stereocenters. The number of aromatic nitrogens is 4. The Morgan fingerprint density at radius 2 is 1.94 bits per heavy atom. The highest BCUT2D eigenvalue weighted by atomic mass is 16.7. The molecule has 1 aliphatic heterocycles. The van der Waals surface area contributed by atoms with E-state index in [0.29, 0.717) is 29.3 Å². The second-order valence-electron chi connectivity index (χ2n) is 7.35. The van der Waals surface area contributed by atoms with Gasteiger partial charge in [0.15, 0.2) is 11.5 Å². The molecule has 2 aromatic carbocycles. The summed E-state index contributed by atoms with van der Waals surface area (Å²) in [7, 11) is 0. The van der Waals surface area contributed by atoms with E-state index in [2.05, 4.69) is 20.8 Å². The third-order valence-electron chi connectivity index (χ3n) is 5.00. The van der Waals surface area contributed by atoms with E-state index in [9.17, 15) is 9.59 Å². The molecule has 0 saturated heterocycles. The summed E-state index contributed by atoms with van der Waals surface area (Å²) in [5, 5.41) is 14.0. The number of anilines is 1. The normalized spacial score (nSPS) is 11.9. The summed E-state index contributed by atoms with van der Waals surface area (Å²) in [6, 6.07) is 14.6. The van der Waals surface area contributed by atoms with Crippen molar-refractivity contribution in [2.75, 3.05) is 12.1 Å². The van der Waals surface area contributed by atoms with Crippen LogP contribution in [0, 0.1) is 0 Å². The molecule has 10 nitrogen and oxygen atoms in total. The van der Waals surface area contributed by atoms with E-state index < -0.39 is 0 Å². The van der Waals surface area contributed by atoms with Crippen LogP contribution in [0.3, 0.4) is 0 Å². The van der Waals surface area contributed by atoms with Crippen molar-refractivity contribution in [1.82, 2.24) is 24.9 Å². The highest BCUT2D eigenvalue weighted by Gasteiger charge is 2.17. The van der Waals surface area contributed by atoms with E-state index in [1.54, 1.807) is 35.3 Å². The molecule has 166 valence electrons. The van der Waals surface area contributed by atoms with Crippen LogP contribution in [0.5, 0.6) is 11.5 Å². The maximum absolute atomic E-state index is 12.5. The van der Waals surface area contributed by atoms with E-state index in [-0.39, 0.29) is 25.2 Å². The van der Waals surface area contributed by atoms with Crippen LogP contribution < -0.4 is 20.1 Å². The van der Waals surface area contributed by atoms with E-state index >= 15 is 0 Å². The van der Waals surface area contributed by atoms with Crippen LogP contribution in [-0.4, -0.2) is 38.2 Å². The number of carbonyl (C=O) groups excluding carboxylic acids is 2. The lowest BCUT2D eigenvalue weighted by Gasteiger charge is -2.08. The number of carbonyl (C=O) groups is 2. The van der Waals surface area contributed by atoms with Crippen molar-refractivity contribution in [3.63, 3.8) is 0 Å². The zero-order chi connectivity index (χ0) is 22.6. The molecule has 3 heterocycles. The average Bonchev–Trinajstić information content (AvgIpc) is 3.59. The van der Waals surface area contributed by atoms with Crippen molar-refractivity contribution in [2.24, 2.45) is 0 Å². The summed E-state index contributed by atoms with van der Waals surface area (Å²) in [6.07, 6.45) is 6.66. The summed E-state index contributed by atoms with van der Waals surface area (Å²) in [6.45, 7) is 0.548.